The zero-order valence-electron chi connectivity index (χ0n) is 8.38. The largest absolute Gasteiger partial charge is 0.478 e. The molecule has 0 atom stereocenters. The molecule has 1 aliphatic rings. The molecule has 0 aromatic carbocycles. The summed E-state index contributed by atoms with van der Waals surface area (Å²) in [4.78, 5) is 4.22. The molecule has 15 heavy (non-hydrogen) atoms. The third kappa shape index (κ3) is 3.25. The fourth-order valence-corrected chi connectivity index (χ4v) is 1.82. The lowest BCUT2D eigenvalue weighted by atomic mass is 10.3. The van der Waals surface area contributed by atoms with Gasteiger partial charge in [-0.25, -0.2) is 4.98 Å². The van der Waals surface area contributed by atoms with Crippen molar-refractivity contribution in [2.75, 3.05) is 6.61 Å². The molecule has 1 heterocycles. The molecule has 1 aromatic heterocycles. The molecule has 0 radical (unpaired) electrons. The Morgan fingerprint density at radius 2 is 2.20 bits per heavy atom. The molecule has 0 amide bonds. The van der Waals surface area contributed by atoms with E-state index in [1.807, 2.05) is 0 Å². The van der Waals surface area contributed by atoms with E-state index in [1.165, 1.54) is 12.8 Å². The first-order valence-corrected chi connectivity index (χ1v) is 6.05. The van der Waals surface area contributed by atoms with Gasteiger partial charge in [-0.15, -0.1) is 11.6 Å². The molecule has 0 aliphatic heterocycles. The van der Waals surface area contributed by atoms with Crippen LogP contribution in [0.1, 0.15) is 25.0 Å². The first-order chi connectivity index (χ1) is 7.29. The van der Waals surface area contributed by atoms with Gasteiger partial charge in [0, 0.05) is 6.07 Å². The fraction of sp³-hybridized carbons (Fsp3) is 0.545. The first kappa shape index (κ1) is 11.0. The quantitative estimate of drug-likeness (QED) is 0.740. The normalized spacial score (nSPS) is 15.3. The van der Waals surface area contributed by atoms with Crippen LogP contribution >= 0.6 is 23.2 Å². The molecule has 0 spiro atoms. The zero-order valence-corrected chi connectivity index (χ0v) is 9.89. The SMILES string of the molecule is ClCc1nc(OCCC2CC2)ccc1Cl. The van der Waals surface area contributed by atoms with E-state index in [0.717, 1.165) is 18.9 Å². The van der Waals surface area contributed by atoms with Gasteiger partial charge >= 0.3 is 0 Å². The molecular weight excluding hydrogens is 233 g/mol. The van der Waals surface area contributed by atoms with Gasteiger partial charge in [0.2, 0.25) is 5.88 Å². The number of ether oxygens (including phenoxy) is 1. The first-order valence-electron chi connectivity index (χ1n) is 5.14. The van der Waals surface area contributed by atoms with Crippen LogP contribution in [0.3, 0.4) is 0 Å². The van der Waals surface area contributed by atoms with E-state index in [2.05, 4.69) is 4.98 Å². The van der Waals surface area contributed by atoms with Gasteiger partial charge in [0.15, 0.2) is 0 Å². The lowest BCUT2D eigenvalue weighted by Gasteiger charge is -2.06. The van der Waals surface area contributed by atoms with Crippen molar-refractivity contribution in [3.8, 4) is 5.88 Å². The summed E-state index contributed by atoms with van der Waals surface area (Å²) in [5.74, 6) is 1.82. The minimum absolute atomic E-state index is 0.318. The van der Waals surface area contributed by atoms with Crippen LogP contribution < -0.4 is 4.74 Å². The van der Waals surface area contributed by atoms with Crippen molar-refractivity contribution in [3.05, 3.63) is 22.8 Å². The zero-order chi connectivity index (χ0) is 10.7. The molecule has 2 rings (SSSR count). The summed E-state index contributed by atoms with van der Waals surface area (Å²) in [6.07, 6.45) is 3.83. The number of hydrogen-bond donors (Lipinski definition) is 0. The predicted octanol–water partition coefficient (Wildman–Crippen LogP) is 3.65. The predicted molar refractivity (Wildman–Crippen MR) is 61.6 cm³/mol. The Labute approximate surface area is 99.6 Å². The second kappa shape index (κ2) is 5.04. The van der Waals surface area contributed by atoms with Gasteiger partial charge in [0.05, 0.1) is 23.2 Å². The molecular formula is C11H13Cl2NO. The minimum atomic E-state index is 0.318. The lowest BCUT2D eigenvalue weighted by molar-refractivity contribution is 0.291. The summed E-state index contributed by atoms with van der Waals surface area (Å²) < 4.78 is 5.53. The summed E-state index contributed by atoms with van der Waals surface area (Å²) in [5.41, 5.74) is 0.683. The highest BCUT2D eigenvalue weighted by Gasteiger charge is 2.20. The van der Waals surface area contributed by atoms with Crippen LogP contribution in [0.5, 0.6) is 5.88 Å². The molecule has 0 bridgehead atoms. The van der Waals surface area contributed by atoms with E-state index in [4.69, 9.17) is 27.9 Å². The molecule has 82 valence electrons. The molecule has 4 heteroatoms. The van der Waals surface area contributed by atoms with Crippen molar-refractivity contribution in [3.63, 3.8) is 0 Å². The summed E-state index contributed by atoms with van der Waals surface area (Å²) >= 11 is 11.6. The van der Waals surface area contributed by atoms with E-state index < -0.39 is 0 Å². The van der Waals surface area contributed by atoms with E-state index in [1.54, 1.807) is 12.1 Å². The van der Waals surface area contributed by atoms with Crippen molar-refractivity contribution in [1.82, 2.24) is 4.98 Å². The van der Waals surface area contributed by atoms with Crippen LogP contribution in [0.25, 0.3) is 0 Å². The van der Waals surface area contributed by atoms with Crippen LogP contribution in [0.2, 0.25) is 5.02 Å². The number of hydrogen-bond acceptors (Lipinski definition) is 2. The molecule has 0 saturated heterocycles. The Balaban J connectivity index is 1.89. The Hall–Kier alpha value is -0.470. The number of halogens is 2. The van der Waals surface area contributed by atoms with Crippen molar-refractivity contribution < 1.29 is 4.74 Å². The summed E-state index contributed by atoms with van der Waals surface area (Å²) in [6.45, 7) is 0.737. The maximum atomic E-state index is 5.89. The third-order valence-corrected chi connectivity index (χ3v) is 3.09. The standard InChI is InChI=1S/C11H13Cl2NO/c12-7-10-9(13)3-4-11(14-10)15-6-5-8-1-2-8/h3-4,8H,1-2,5-7H2. The van der Waals surface area contributed by atoms with Gasteiger partial charge in [-0.05, 0) is 18.4 Å². The average Bonchev–Trinajstić information content (AvgIpc) is 3.04. The Kier molecular flexibility index (Phi) is 3.71. The molecule has 1 aliphatic carbocycles. The molecule has 2 nitrogen and oxygen atoms in total. The van der Waals surface area contributed by atoms with Crippen molar-refractivity contribution >= 4 is 23.2 Å². The van der Waals surface area contributed by atoms with E-state index in [0.29, 0.717) is 22.5 Å². The smallest absolute Gasteiger partial charge is 0.213 e. The number of rotatable bonds is 5. The van der Waals surface area contributed by atoms with E-state index in [9.17, 15) is 0 Å². The van der Waals surface area contributed by atoms with Gasteiger partial charge in [-0.1, -0.05) is 24.4 Å². The maximum absolute atomic E-state index is 5.89. The Morgan fingerprint density at radius 1 is 1.40 bits per heavy atom. The molecule has 0 N–H and O–H groups in total. The van der Waals surface area contributed by atoms with Crippen LogP contribution in [0.15, 0.2) is 12.1 Å². The maximum Gasteiger partial charge on any atom is 0.213 e. The fourth-order valence-electron chi connectivity index (χ4n) is 1.38. The van der Waals surface area contributed by atoms with Crippen LogP contribution in [-0.2, 0) is 5.88 Å². The van der Waals surface area contributed by atoms with E-state index >= 15 is 0 Å². The minimum Gasteiger partial charge on any atom is -0.478 e. The van der Waals surface area contributed by atoms with Crippen molar-refractivity contribution in [2.45, 2.75) is 25.1 Å². The number of aromatic nitrogens is 1. The highest BCUT2D eigenvalue weighted by Crippen LogP contribution is 2.32. The number of pyridine rings is 1. The monoisotopic (exact) mass is 245 g/mol. The highest BCUT2D eigenvalue weighted by atomic mass is 35.5. The van der Waals surface area contributed by atoms with Gasteiger partial charge in [-0.3, -0.25) is 0 Å². The van der Waals surface area contributed by atoms with Crippen LogP contribution in [0, 0.1) is 5.92 Å². The third-order valence-electron chi connectivity index (χ3n) is 2.49. The second-order valence-corrected chi connectivity index (χ2v) is 4.47. The van der Waals surface area contributed by atoms with Crippen LogP contribution in [-0.4, -0.2) is 11.6 Å². The van der Waals surface area contributed by atoms with Gasteiger partial charge in [0.25, 0.3) is 0 Å². The molecule has 1 aromatic rings. The number of alkyl halides is 1. The van der Waals surface area contributed by atoms with Crippen molar-refractivity contribution in [2.24, 2.45) is 5.92 Å². The van der Waals surface area contributed by atoms with E-state index in [-0.39, 0.29) is 0 Å². The van der Waals surface area contributed by atoms with Gasteiger partial charge in [0.1, 0.15) is 0 Å². The summed E-state index contributed by atoms with van der Waals surface area (Å²) in [6, 6.07) is 3.56. The van der Waals surface area contributed by atoms with Crippen LogP contribution in [0.4, 0.5) is 0 Å². The van der Waals surface area contributed by atoms with Gasteiger partial charge in [-0.2, -0.15) is 0 Å². The van der Waals surface area contributed by atoms with Crippen molar-refractivity contribution in [1.29, 1.82) is 0 Å². The summed E-state index contributed by atoms with van der Waals surface area (Å²) in [5, 5.41) is 0.597. The molecule has 1 fully saturated rings. The number of nitrogens with zero attached hydrogens (tertiary/aromatic N) is 1. The Morgan fingerprint density at radius 3 is 2.87 bits per heavy atom. The Bertz CT molecular complexity index is 339. The topological polar surface area (TPSA) is 22.1 Å². The molecule has 0 unspecified atom stereocenters. The second-order valence-electron chi connectivity index (χ2n) is 3.79. The lowest BCUT2D eigenvalue weighted by Crippen LogP contribution is -2.01. The summed E-state index contributed by atoms with van der Waals surface area (Å²) in [7, 11) is 0. The van der Waals surface area contributed by atoms with Gasteiger partial charge < -0.3 is 4.74 Å². The molecule has 1 saturated carbocycles. The average molecular weight is 246 g/mol. The highest BCUT2D eigenvalue weighted by molar-refractivity contribution is 6.32.